The Kier molecular flexibility index (Phi) is 3.78. The molecule has 1 aliphatic rings. The molecule has 0 spiro atoms. The van der Waals surface area contributed by atoms with E-state index in [4.69, 9.17) is 0 Å². The summed E-state index contributed by atoms with van der Waals surface area (Å²) in [6, 6.07) is 5.98. The fourth-order valence-electron chi connectivity index (χ4n) is 2.36. The molecule has 1 unspecified atom stereocenters. The summed E-state index contributed by atoms with van der Waals surface area (Å²) < 4.78 is 4.50. The summed E-state index contributed by atoms with van der Waals surface area (Å²) in [5.74, 6) is -3.96. The Bertz CT molecular complexity index is 734. The maximum Gasteiger partial charge on any atom is 0.342 e. The van der Waals surface area contributed by atoms with E-state index in [1.54, 1.807) is 0 Å². The molecule has 22 heavy (non-hydrogen) atoms. The van der Waals surface area contributed by atoms with Crippen molar-refractivity contribution < 1.29 is 23.9 Å². The molecule has 2 rings (SSSR count). The Balaban J connectivity index is 2.80. The van der Waals surface area contributed by atoms with Crippen LogP contribution in [0.1, 0.15) is 27.6 Å². The number of ketones is 2. The lowest BCUT2D eigenvalue weighted by Crippen LogP contribution is -2.56. The molecule has 7 heteroatoms. The highest BCUT2D eigenvalue weighted by molar-refractivity contribution is 6.33. The number of nitriles is 1. The normalized spacial score (nSPS) is 24.4. The van der Waals surface area contributed by atoms with E-state index in [9.17, 15) is 24.4 Å². The van der Waals surface area contributed by atoms with E-state index in [2.05, 4.69) is 10.1 Å². The first-order valence-corrected chi connectivity index (χ1v) is 6.38. The Hall–Kier alpha value is -3.01. The molecule has 1 heterocycles. The minimum Gasteiger partial charge on any atom is -0.467 e. The molecule has 0 bridgehead atoms. The molecule has 1 aromatic carbocycles. The van der Waals surface area contributed by atoms with Crippen LogP contribution in [-0.4, -0.2) is 36.6 Å². The first-order chi connectivity index (χ1) is 10.4. The lowest BCUT2D eigenvalue weighted by Gasteiger charge is -2.28. The van der Waals surface area contributed by atoms with Gasteiger partial charge in [-0.1, -0.05) is 18.2 Å². The topological polar surface area (TPSA) is 113 Å². The zero-order valence-electron chi connectivity index (χ0n) is 11.9. The Morgan fingerprint density at radius 1 is 1.27 bits per heavy atom. The van der Waals surface area contributed by atoms with Gasteiger partial charge in [-0.3, -0.25) is 14.4 Å². The molecule has 0 aromatic heterocycles. The molecule has 0 aliphatic carbocycles. The second-order valence-corrected chi connectivity index (χ2v) is 4.79. The van der Waals surface area contributed by atoms with E-state index < -0.39 is 34.9 Å². The second-order valence-electron chi connectivity index (χ2n) is 4.79. The van der Waals surface area contributed by atoms with Gasteiger partial charge in [-0.15, -0.1) is 0 Å². The molecule has 0 saturated heterocycles. The van der Waals surface area contributed by atoms with Gasteiger partial charge in [0.2, 0.25) is 5.78 Å². The number of hydrogen-bond donors (Lipinski definition) is 1. The number of methoxy groups -OCH3 is 1. The first-order valence-electron chi connectivity index (χ1n) is 6.38. The number of benzene rings is 1. The van der Waals surface area contributed by atoms with E-state index >= 15 is 0 Å². The van der Waals surface area contributed by atoms with Gasteiger partial charge in [0.15, 0.2) is 5.78 Å². The lowest BCUT2D eigenvalue weighted by atomic mass is 9.73. The van der Waals surface area contributed by atoms with Crippen LogP contribution in [0, 0.1) is 16.7 Å². The van der Waals surface area contributed by atoms with Crippen molar-refractivity contribution in [1.29, 1.82) is 5.26 Å². The van der Waals surface area contributed by atoms with Crippen LogP contribution in [0.3, 0.4) is 0 Å². The number of hydrogen-bond acceptors (Lipinski definition) is 6. The van der Waals surface area contributed by atoms with E-state index in [1.807, 2.05) is 0 Å². The van der Waals surface area contributed by atoms with Crippen LogP contribution in [0.25, 0.3) is 0 Å². The number of esters is 1. The largest absolute Gasteiger partial charge is 0.467 e. The number of fused-ring (bicyclic) bond motifs is 1. The number of carbonyl (C=O) groups excluding carboxylic acids is 4. The molecule has 7 nitrogen and oxygen atoms in total. The summed E-state index contributed by atoms with van der Waals surface area (Å²) in [7, 11) is 0.982. The molecular formula is C15H12N2O5. The summed E-state index contributed by atoms with van der Waals surface area (Å²) in [6.07, 6.45) is 0. The zero-order chi connectivity index (χ0) is 16.5. The van der Waals surface area contributed by atoms with E-state index in [-0.39, 0.29) is 11.1 Å². The maximum absolute atomic E-state index is 12.7. The number of nitrogens with one attached hydrogen (secondary N) is 1. The third-order valence-corrected chi connectivity index (χ3v) is 3.53. The van der Waals surface area contributed by atoms with Crippen molar-refractivity contribution in [2.75, 3.05) is 7.11 Å². The van der Waals surface area contributed by atoms with Crippen LogP contribution >= 0.6 is 0 Å². The quantitative estimate of drug-likeness (QED) is 0.587. The number of rotatable bonds is 1. The van der Waals surface area contributed by atoms with Gasteiger partial charge in [0.1, 0.15) is 0 Å². The summed E-state index contributed by atoms with van der Waals surface area (Å²) >= 11 is 0. The van der Waals surface area contributed by atoms with Gasteiger partial charge in [-0.25, -0.2) is 4.79 Å². The van der Waals surface area contributed by atoms with Gasteiger partial charge >= 0.3 is 5.97 Å². The summed E-state index contributed by atoms with van der Waals surface area (Å²) in [6.45, 7) is 1.30. The molecule has 0 fully saturated rings. The van der Waals surface area contributed by atoms with Gasteiger partial charge in [0.05, 0.1) is 24.8 Å². The zero-order valence-corrected chi connectivity index (χ0v) is 11.9. The number of carbonyl (C=O) groups is 4. The molecule has 1 aromatic rings. The van der Waals surface area contributed by atoms with Gasteiger partial charge in [0.25, 0.3) is 11.3 Å². The highest BCUT2D eigenvalue weighted by Gasteiger charge is 2.57. The number of ether oxygens (including phenoxy) is 1. The van der Waals surface area contributed by atoms with Crippen LogP contribution in [0.15, 0.2) is 24.3 Å². The molecule has 1 amide bonds. The highest BCUT2D eigenvalue weighted by atomic mass is 16.5. The minimum atomic E-state index is -2.63. The average molecular weight is 300 g/mol. The van der Waals surface area contributed by atoms with E-state index in [0.717, 1.165) is 7.11 Å². The fourth-order valence-corrected chi connectivity index (χ4v) is 2.36. The SMILES string of the molecule is COC(=O)C1(C#N)C(=O)c2ccccc2C(=O)N[C@@H](C)C1=O. The highest BCUT2D eigenvalue weighted by Crippen LogP contribution is 2.30. The maximum atomic E-state index is 12.7. The Labute approximate surface area is 125 Å². The minimum absolute atomic E-state index is 0.00428. The van der Waals surface area contributed by atoms with Crippen molar-refractivity contribution in [2.24, 2.45) is 5.41 Å². The second kappa shape index (κ2) is 5.41. The monoisotopic (exact) mass is 300 g/mol. The van der Waals surface area contributed by atoms with Crippen molar-refractivity contribution >= 4 is 23.4 Å². The molecular weight excluding hydrogens is 288 g/mol. The average Bonchev–Trinajstić information content (AvgIpc) is 2.54. The van der Waals surface area contributed by atoms with Crippen LogP contribution in [-0.2, 0) is 14.3 Å². The lowest BCUT2D eigenvalue weighted by molar-refractivity contribution is -0.151. The Morgan fingerprint density at radius 3 is 2.41 bits per heavy atom. The smallest absolute Gasteiger partial charge is 0.342 e. The molecule has 2 atom stereocenters. The molecule has 0 saturated carbocycles. The summed E-state index contributed by atoms with van der Waals surface area (Å²) in [4.78, 5) is 49.3. The van der Waals surface area contributed by atoms with Crippen molar-refractivity contribution in [3.63, 3.8) is 0 Å². The van der Waals surface area contributed by atoms with Crippen LogP contribution in [0.5, 0.6) is 0 Å². The summed E-state index contributed by atoms with van der Waals surface area (Å²) in [5, 5.41) is 11.8. The van der Waals surface area contributed by atoms with Gasteiger partial charge in [-0.2, -0.15) is 5.26 Å². The van der Waals surface area contributed by atoms with Gasteiger partial charge in [0, 0.05) is 5.56 Å². The molecule has 112 valence electrons. The van der Waals surface area contributed by atoms with Crippen LogP contribution in [0.4, 0.5) is 0 Å². The van der Waals surface area contributed by atoms with Crippen LogP contribution in [0.2, 0.25) is 0 Å². The number of Topliss-reactive ketones (excluding diaryl/α,β-unsaturated/α-hetero) is 2. The predicted molar refractivity (Wildman–Crippen MR) is 72.8 cm³/mol. The predicted octanol–water partition coefficient (Wildman–Crippen LogP) is 0.253. The van der Waals surface area contributed by atoms with Crippen molar-refractivity contribution in [2.45, 2.75) is 13.0 Å². The number of nitrogens with zero attached hydrogens (tertiary/aromatic N) is 1. The van der Waals surface area contributed by atoms with Gasteiger partial charge < -0.3 is 10.1 Å². The van der Waals surface area contributed by atoms with E-state index in [1.165, 1.54) is 37.3 Å². The molecule has 1 N–H and O–H groups in total. The van der Waals surface area contributed by atoms with Crippen molar-refractivity contribution in [3.8, 4) is 6.07 Å². The van der Waals surface area contributed by atoms with Crippen molar-refractivity contribution in [3.05, 3.63) is 35.4 Å². The third-order valence-electron chi connectivity index (χ3n) is 3.53. The standard InChI is InChI=1S/C15H12N2O5/c1-8-11(18)15(7-16,14(21)22-2)12(19)9-5-3-4-6-10(9)13(20)17-8/h3-6,8H,1-2H3,(H,17,20)/t8-,15?/m0/s1. The number of amides is 1. The van der Waals surface area contributed by atoms with Crippen molar-refractivity contribution in [1.82, 2.24) is 5.32 Å². The first kappa shape index (κ1) is 15.4. The molecule has 1 aliphatic heterocycles. The van der Waals surface area contributed by atoms with Crippen LogP contribution < -0.4 is 5.32 Å². The van der Waals surface area contributed by atoms with E-state index in [0.29, 0.717) is 0 Å². The fraction of sp³-hybridized carbons (Fsp3) is 0.267. The summed E-state index contributed by atoms with van der Waals surface area (Å²) in [5.41, 5.74) is -2.81. The third kappa shape index (κ3) is 1.97. The van der Waals surface area contributed by atoms with Gasteiger partial charge in [-0.05, 0) is 13.0 Å². The Morgan fingerprint density at radius 2 is 1.86 bits per heavy atom. The molecule has 0 radical (unpaired) electrons.